The van der Waals surface area contributed by atoms with E-state index in [0.717, 1.165) is 37.1 Å². The summed E-state index contributed by atoms with van der Waals surface area (Å²) in [4.78, 5) is 27.5. The molecule has 0 aliphatic carbocycles. The summed E-state index contributed by atoms with van der Waals surface area (Å²) in [5, 5.41) is 10.8. The lowest BCUT2D eigenvalue weighted by Crippen LogP contribution is -2.30. The van der Waals surface area contributed by atoms with Crippen LogP contribution >= 0.6 is 0 Å². The Balaban J connectivity index is 1.50. The second-order valence-electron chi connectivity index (χ2n) is 11.2. The van der Waals surface area contributed by atoms with Crippen molar-refractivity contribution in [2.24, 2.45) is 0 Å². The van der Waals surface area contributed by atoms with Gasteiger partial charge in [0.15, 0.2) is 17.3 Å². The first kappa shape index (κ1) is 32.9. The molecule has 1 N–H and O–H groups in total. The van der Waals surface area contributed by atoms with Gasteiger partial charge in [-0.15, -0.1) is 0 Å². The number of ether oxygens (including phenoxy) is 4. The van der Waals surface area contributed by atoms with Crippen LogP contribution in [0.15, 0.2) is 51.7 Å². The van der Waals surface area contributed by atoms with Crippen molar-refractivity contribution in [3.05, 3.63) is 80.9 Å². The van der Waals surface area contributed by atoms with Crippen LogP contribution in [0.3, 0.4) is 0 Å². The van der Waals surface area contributed by atoms with Crippen LogP contribution in [0.5, 0.6) is 23.0 Å². The van der Waals surface area contributed by atoms with Crippen LogP contribution in [0.1, 0.15) is 86.0 Å². The minimum Gasteiger partial charge on any atom is -0.502 e. The second-order valence-corrected chi connectivity index (χ2v) is 11.2. The Morgan fingerprint density at radius 3 is 2.32 bits per heavy atom. The van der Waals surface area contributed by atoms with Gasteiger partial charge < -0.3 is 28.5 Å². The average Bonchev–Trinajstić information content (AvgIpc) is 3.04. The molecular formula is C35H45NO8. The summed E-state index contributed by atoms with van der Waals surface area (Å²) in [5.41, 5.74) is 2.44. The number of benzene rings is 2. The van der Waals surface area contributed by atoms with Crippen molar-refractivity contribution in [3.63, 3.8) is 0 Å². The summed E-state index contributed by atoms with van der Waals surface area (Å²) in [7, 11) is 4.54. The molecule has 1 aliphatic heterocycles. The Kier molecular flexibility index (Phi) is 12.1. The highest BCUT2D eigenvalue weighted by Gasteiger charge is 2.28. The van der Waals surface area contributed by atoms with E-state index in [4.69, 9.17) is 23.4 Å². The van der Waals surface area contributed by atoms with Crippen molar-refractivity contribution < 1.29 is 33.3 Å². The number of hydrogen-bond acceptors (Lipinski definition) is 9. The van der Waals surface area contributed by atoms with E-state index in [-0.39, 0.29) is 12.2 Å². The second kappa shape index (κ2) is 16.2. The molecule has 9 heteroatoms. The number of unbranched alkanes of at least 4 members (excludes halogenated alkanes) is 5. The van der Waals surface area contributed by atoms with Crippen molar-refractivity contribution in [2.75, 3.05) is 34.5 Å². The molecule has 2 aromatic carbocycles. The molecule has 0 bridgehead atoms. The predicted octanol–water partition coefficient (Wildman–Crippen LogP) is 6.36. The summed E-state index contributed by atoms with van der Waals surface area (Å²) in [6.45, 7) is 4.57. The number of nitrogens with zero attached hydrogens (tertiary/aromatic N) is 1. The molecule has 1 aliphatic rings. The van der Waals surface area contributed by atoms with Crippen LogP contribution in [0.2, 0.25) is 0 Å². The Morgan fingerprint density at radius 1 is 0.955 bits per heavy atom. The highest BCUT2D eigenvalue weighted by Crippen LogP contribution is 2.36. The van der Waals surface area contributed by atoms with Gasteiger partial charge in [-0.05, 0) is 53.8 Å². The molecule has 44 heavy (non-hydrogen) atoms. The maximum absolute atomic E-state index is 12.9. The fourth-order valence-electron chi connectivity index (χ4n) is 5.65. The third-order valence-corrected chi connectivity index (χ3v) is 8.14. The summed E-state index contributed by atoms with van der Waals surface area (Å²) >= 11 is 0. The first-order valence-corrected chi connectivity index (χ1v) is 15.5. The zero-order valence-electron chi connectivity index (χ0n) is 26.4. The largest absolute Gasteiger partial charge is 0.502 e. The molecule has 3 aromatic rings. The van der Waals surface area contributed by atoms with Crippen LogP contribution in [-0.4, -0.2) is 50.5 Å². The van der Waals surface area contributed by atoms with Crippen molar-refractivity contribution >= 4 is 5.97 Å². The topological polar surface area (TPSA) is 108 Å². The number of esters is 1. The molecule has 0 unspecified atom stereocenters. The quantitative estimate of drug-likeness (QED) is 0.147. The van der Waals surface area contributed by atoms with Crippen LogP contribution in [-0.2, 0) is 29.0 Å². The zero-order chi connectivity index (χ0) is 31.5. The van der Waals surface area contributed by atoms with Crippen LogP contribution in [0, 0.1) is 0 Å². The molecule has 0 saturated carbocycles. The summed E-state index contributed by atoms with van der Waals surface area (Å²) in [6, 6.07) is 12.6. The van der Waals surface area contributed by atoms with Gasteiger partial charge in [-0.2, -0.15) is 0 Å². The van der Waals surface area contributed by atoms with Crippen LogP contribution < -0.4 is 19.6 Å². The van der Waals surface area contributed by atoms with Crippen molar-refractivity contribution in [2.45, 2.75) is 77.3 Å². The molecule has 4 rings (SSSR count). The molecule has 1 atom stereocenters. The normalized spacial score (nSPS) is 13.6. The van der Waals surface area contributed by atoms with E-state index in [1.807, 2.05) is 36.4 Å². The number of rotatable bonds is 16. The van der Waals surface area contributed by atoms with Gasteiger partial charge in [0.25, 0.3) is 0 Å². The smallest absolute Gasteiger partial charge is 0.306 e. The van der Waals surface area contributed by atoms with E-state index < -0.39 is 23.1 Å². The molecule has 0 saturated heterocycles. The minimum absolute atomic E-state index is 0.0439. The third-order valence-electron chi connectivity index (χ3n) is 8.14. The van der Waals surface area contributed by atoms with Gasteiger partial charge in [-0.25, -0.2) is 0 Å². The number of carbonyl (C=O) groups excluding carboxylic acids is 1. The van der Waals surface area contributed by atoms with Gasteiger partial charge in [-0.1, -0.05) is 51.2 Å². The van der Waals surface area contributed by atoms with Crippen LogP contribution in [0.25, 0.3) is 0 Å². The van der Waals surface area contributed by atoms with E-state index in [1.165, 1.54) is 44.4 Å². The summed E-state index contributed by atoms with van der Waals surface area (Å²) in [6.07, 6.45) is 7.79. The van der Waals surface area contributed by atoms with Gasteiger partial charge in [0.05, 0.1) is 46.8 Å². The average molecular weight is 608 g/mol. The lowest BCUT2D eigenvalue weighted by Gasteiger charge is -2.29. The standard InChI is InChI=1S/C35H45NO8/c1-5-6-7-8-9-10-17-43-27-13-11-24(12-14-27)29(21-33(38)42-4)35-34(39)30(37)20-28(44-35)23-36-16-15-25-18-31(40-2)32(41-3)19-26(25)22-36/h11-14,18-20,29,39H,5-10,15-17,21-23H2,1-4H3/t29-/m0/s1. The first-order valence-electron chi connectivity index (χ1n) is 15.5. The monoisotopic (exact) mass is 607 g/mol. The Morgan fingerprint density at radius 2 is 1.64 bits per heavy atom. The van der Waals surface area contributed by atoms with Crippen LogP contribution in [0.4, 0.5) is 0 Å². The Bertz CT molecular complexity index is 1430. The highest BCUT2D eigenvalue weighted by atomic mass is 16.5. The number of aromatic hydroxyl groups is 1. The van der Waals surface area contributed by atoms with E-state index >= 15 is 0 Å². The van der Waals surface area contributed by atoms with E-state index in [1.54, 1.807) is 14.2 Å². The molecule has 238 valence electrons. The highest BCUT2D eigenvalue weighted by molar-refractivity contribution is 5.71. The van der Waals surface area contributed by atoms with E-state index in [2.05, 4.69) is 11.8 Å². The fourth-order valence-corrected chi connectivity index (χ4v) is 5.65. The lowest BCUT2D eigenvalue weighted by molar-refractivity contribution is -0.140. The number of carbonyl (C=O) groups is 1. The maximum Gasteiger partial charge on any atom is 0.306 e. The number of fused-ring (bicyclic) bond motifs is 1. The molecule has 0 radical (unpaired) electrons. The third kappa shape index (κ3) is 8.56. The summed E-state index contributed by atoms with van der Waals surface area (Å²) < 4.78 is 28.0. The number of hydrogen-bond donors (Lipinski definition) is 1. The van der Waals surface area contributed by atoms with Gasteiger partial charge >= 0.3 is 5.97 Å². The maximum atomic E-state index is 12.9. The lowest BCUT2D eigenvalue weighted by atomic mass is 9.92. The van der Waals surface area contributed by atoms with E-state index in [9.17, 15) is 14.7 Å². The van der Waals surface area contributed by atoms with Crippen molar-refractivity contribution in [3.8, 4) is 23.0 Å². The molecule has 0 spiro atoms. The Hall–Kier alpha value is -3.98. The molecule has 0 fully saturated rings. The van der Waals surface area contributed by atoms with Crippen molar-refractivity contribution in [1.29, 1.82) is 0 Å². The van der Waals surface area contributed by atoms with Gasteiger partial charge in [0, 0.05) is 19.2 Å². The van der Waals surface area contributed by atoms with Gasteiger partial charge in [-0.3, -0.25) is 14.5 Å². The SMILES string of the molecule is CCCCCCCCOc1ccc([C@H](CC(=O)OC)c2oc(CN3CCc4cc(OC)c(OC)cc4C3)cc(=O)c2O)cc1. The summed E-state index contributed by atoms with van der Waals surface area (Å²) in [5.74, 6) is 0.816. The Labute approximate surface area is 259 Å². The zero-order valence-corrected chi connectivity index (χ0v) is 26.4. The molecule has 1 aromatic heterocycles. The first-order chi connectivity index (χ1) is 21.4. The predicted molar refractivity (Wildman–Crippen MR) is 168 cm³/mol. The minimum atomic E-state index is -0.721. The molecule has 2 heterocycles. The molecular weight excluding hydrogens is 562 g/mol. The molecule has 9 nitrogen and oxygen atoms in total. The van der Waals surface area contributed by atoms with Crippen molar-refractivity contribution in [1.82, 2.24) is 4.90 Å². The van der Waals surface area contributed by atoms with Gasteiger partial charge in [0.1, 0.15) is 11.5 Å². The fraction of sp³-hybridized carbons (Fsp3) is 0.486. The number of methoxy groups -OCH3 is 3. The van der Waals surface area contributed by atoms with Gasteiger partial charge in [0.2, 0.25) is 11.2 Å². The van der Waals surface area contributed by atoms with E-state index in [0.29, 0.717) is 42.5 Å². The molecule has 0 amide bonds.